The van der Waals surface area contributed by atoms with Crippen molar-refractivity contribution in [2.45, 2.75) is 19.5 Å². The fourth-order valence-corrected chi connectivity index (χ4v) is 2.93. The van der Waals surface area contributed by atoms with Gasteiger partial charge in [-0.1, -0.05) is 35.3 Å². The van der Waals surface area contributed by atoms with Crippen molar-refractivity contribution >= 4 is 41.6 Å². The van der Waals surface area contributed by atoms with Crippen molar-refractivity contribution in [1.29, 1.82) is 0 Å². The maximum atomic E-state index is 12.5. The first kappa shape index (κ1) is 23.2. The Labute approximate surface area is 176 Å². The summed E-state index contributed by atoms with van der Waals surface area (Å²) in [6.45, 7) is 2.22. The van der Waals surface area contributed by atoms with Crippen LogP contribution in [0.1, 0.15) is 24.1 Å². The Morgan fingerprint density at radius 3 is 2.52 bits per heavy atom. The normalized spacial score (nSPS) is 11.2. The molecule has 27 heavy (non-hydrogen) atoms. The number of carbonyl (C=O) groups is 1. The van der Waals surface area contributed by atoms with Crippen LogP contribution in [0.4, 0.5) is 4.79 Å². The summed E-state index contributed by atoms with van der Waals surface area (Å²) in [5.41, 5.74) is 1.61. The largest absolute Gasteiger partial charge is 0.497 e. The van der Waals surface area contributed by atoms with E-state index in [-0.39, 0.29) is 24.5 Å². The number of carbonyl (C=O) groups excluding carboxylic acids is 1. The molecular weight excluding hydrogens is 411 g/mol. The Bertz CT molecular complexity index is 787. The van der Waals surface area contributed by atoms with E-state index in [2.05, 4.69) is 5.32 Å². The number of halogens is 3. The Hall–Kier alpha value is -1.82. The number of nitrogens with zero attached hydrogens (tertiary/aromatic N) is 1. The Morgan fingerprint density at radius 2 is 1.89 bits per heavy atom. The highest BCUT2D eigenvalue weighted by Crippen LogP contribution is 2.30. The number of benzene rings is 2. The van der Waals surface area contributed by atoms with Gasteiger partial charge in [0.2, 0.25) is 0 Å². The van der Waals surface area contributed by atoms with E-state index in [1.807, 2.05) is 31.2 Å². The van der Waals surface area contributed by atoms with Crippen molar-refractivity contribution in [1.82, 2.24) is 10.2 Å². The highest BCUT2D eigenvalue weighted by atomic mass is 35.5. The zero-order valence-electron chi connectivity index (χ0n) is 15.6. The van der Waals surface area contributed by atoms with E-state index >= 15 is 0 Å². The van der Waals surface area contributed by atoms with Gasteiger partial charge in [0.25, 0.3) is 0 Å². The van der Waals surface area contributed by atoms with Crippen molar-refractivity contribution in [2.75, 3.05) is 21.3 Å². The lowest BCUT2D eigenvalue weighted by Crippen LogP contribution is -2.38. The summed E-state index contributed by atoms with van der Waals surface area (Å²) in [6.07, 6.45) is 0. The molecule has 5 nitrogen and oxygen atoms in total. The summed E-state index contributed by atoms with van der Waals surface area (Å²) >= 11 is 12.2. The molecule has 0 spiro atoms. The SMILES string of the molecule is COc1ccc(OC)c(C(C)NC(=O)N(C)Cc2cccc(Cl)c2Cl)c1.Cl. The minimum atomic E-state index is -0.273. The molecule has 0 aliphatic heterocycles. The van der Waals surface area contributed by atoms with Crippen LogP contribution in [0.2, 0.25) is 10.0 Å². The highest BCUT2D eigenvalue weighted by molar-refractivity contribution is 6.42. The number of ether oxygens (including phenoxy) is 2. The summed E-state index contributed by atoms with van der Waals surface area (Å²) in [5.74, 6) is 1.38. The molecule has 0 saturated heterocycles. The quantitative estimate of drug-likeness (QED) is 0.669. The molecule has 2 aromatic carbocycles. The number of hydrogen-bond donors (Lipinski definition) is 1. The van der Waals surface area contributed by atoms with Crippen molar-refractivity contribution in [3.8, 4) is 11.5 Å². The number of methoxy groups -OCH3 is 2. The standard InChI is InChI=1S/C19H22Cl2N2O3.ClH/c1-12(15-10-14(25-3)8-9-17(15)26-4)22-19(24)23(2)11-13-6-5-7-16(20)18(13)21;/h5-10,12H,11H2,1-4H3,(H,22,24);1H. The second-order valence-electron chi connectivity index (χ2n) is 5.85. The van der Waals surface area contributed by atoms with Gasteiger partial charge in [0, 0.05) is 19.2 Å². The first-order chi connectivity index (χ1) is 12.4. The number of amides is 2. The molecular formula is C19H23Cl3N2O3. The number of hydrogen-bond acceptors (Lipinski definition) is 3. The minimum absolute atomic E-state index is 0. The van der Waals surface area contributed by atoms with Crippen LogP contribution in [0.15, 0.2) is 36.4 Å². The van der Waals surface area contributed by atoms with Gasteiger partial charge >= 0.3 is 6.03 Å². The predicted molar refractivity (Wildman–Crippen MR) is 112 cm³/mol. The summed E-state index contributed by atoms with van der Waals surface area (Å²) in [7, 11) is 4.88. The van der Waals surface area contributed by atoms with Gasteiger partial charge in [-0.25, -0.2) is 4.79 Å². The average molecular weight is 434 g/mol. The second kappa shape index (κ2) is 10.5. The second-order valence-corrected chi connectivity index (χ2v) is 6.63. The van der Waals surface area contributed by atoms with Crippen molar-refractivity contribution in [2.24, 2.45) is 0 Å². The van der Waals surface area contributed by atoms with Gasteiger partial charge in [0.1, 0.15) is 11.5 Å². The molecule has 0 saturated carbocycles. The van der Waals surface area contributed by atoms with Crippen LogP contribution >= 0.6 is 35.6 Å². The fraction of sp³-hybridized carbons (Fsp3) is 0.316. The molecule has 0 aliphatic rings. The van der Waals surface area contributed by atoms with Crippen LogP contribution in [0.5, 0.6) is 11.5 Å². The van der Waals surface area contributed by atoms with Crippen LogP contribution in [0.25, 0.3) is 0 Å². The number of rotatable bonds is 6. The topological polar surface area (TPSA) is 50.8 Å². The fourth-order valence-electron chi connectivity index (χ4n) is 2.55. The molecule has 2 rings (SSSR count). The van der Waals surface area contributed by atoms with Crippen LogP contribution in [0, 0.1) is 0 Å². The van der Waals surface area contributed by atoms with Crippen molar-refractivity contribution < 1.29 is 14.3 Å². The minimum Gasteiger partial charge on any atom is -0.497 e. The van der Waals surface area contributed by atoms with Gasteiger partial charge in [0.05, 0.1) is 30.3 Å². The third-order valence-corrected chi connectivity index (χ3v) is 4.89. The average Bonchev–Trinajstić information content (AvgIpc) is 2.64. The number of nitrogens with one attached hydrogen (secondary N) is 1. The van der Waals surface area contributed by atoms with E-state index in [0.29, 0.717) is 28.1 Å². The van der Waals surface area contributed by atoms with Gasteiger partial charge < -0.3 is 19.7 Å². The van der Waals surface area contributed by atoms with Gasteiger partial charge in [0.15, 0.2) is 0 Å². The van der Waals surface area contributed by atoms with Gasteiger partial charge in [-0.3, -0.25) is 0 Å². The van der Waals surface area contributed by atoms with Gasteiger partial charge in [-0.2, -0.15) is 0 Å². The van der Waals surface area contributed by atoms with Crippen LogP contribution in [-0.2, 0) is 6.54 Å². The number of urea groups is 1. The maximum Gasteiger partial charge on any atom is 0.317 e. The third-order valence-electron chi connectivity index (χ3n) is 4.03. The molecule has 8 heteroatoms. The molecule has 0 bridgehead atoms. The highest BCUT2D eigenvalue weighted by Gasteiger charge is 2.18. The summed E-state index contributed by atoms with van der Waals surface area (Å²) in [4.78, 5) is 14.1. The predicted octanol–water partition coefficient (Wildman–Crippen LogP) is 5.34. The monoisotopic (exact) mass is 432 g/mol. The van der Waals surface area contributed by atoms with Gasteiger partial charge in [-0.05, 0) is 36.8 Å². The van der Waals surface area contributed by atoms with Crippen LogP contribution < -0.4 is 14.8 Å². The molecule has 0 heterocycles. The molecule has 1 unspecified atom stereocenters. The molecule has 0 radical (unpaired) electrons. The van der Waals surface area contributed by atoms with Gasteiger partial charge in [-0.15, -0.1) is 12.4 Å². The van der Waals surface area contributed by atoms with Crippen LogP contribution in [-0.4, -0.2) is 32.2 Å². The Morgan fingerprint density at radius 1 is 1.19 bits per heavy atom. The first-order valence-electron chi connectivity index (χ1n) is 8.03. The lowest BCUT2D eigenvalue weighted by atomic mass is 10.1. The van der Waals surface area contributed by atoms with Crippen LogP contribution in [0.3, 0.4) is 0 Å². The Kier molecular flexibility index (Phi) is 9.03. The van der Waals surface area contributed by atoms with Crippen molar-refractivity contribution in [3.63, 3.8) is 0 Å². The maximum absolute atomic E-state index is 12.5. The zero-order chi connectivity index (χ0) is 19.3. The molecule has 2 amide bonds. The van der Waals surface area contributed by atoms with E-state index < -0.39 is 0 Å². The van der Waals surface area contributed by atoms with E-state index in [1.54, 1.807) is 38.3 Å². The lowest BCUT2D eigenvalue weighted by molar-refractivity contribution is 0.203. The van der Waals surface area contributed by atoms with E-state index in [0.717, 1.165) is 11.1 Å². The third kappa shape index (κ3) is 5.83. The van der Waals surface area contributed by atoms with E-state index in [9.17, 15) is 4.79 Å². The molecule has 0 aliphatic carbocycles. The zero-order valence-corrected chi connectivity index (χ0v) is 17.9. The molecule has 148 valence electrons. The lowest BCUT2D eigenvalue weighted by Gasteiger charge is -2.23. The van der Waals surface area contributed by atoms with Crippen molar-refractivity contribution in [3.05, 3.63) is 57.6 Å². The van der Waals surface area contributed by atoms with E-state index in [4.69, 9.17) is 32.7 Å². The molecule has 2 aromatic rings. The smallest absolute Gasteiger partial charge is 0.317 e. The molecule has 1 atom stereocenters. The summed E-state index contributed by atoms with van der Waals surface area (Å²) < 4.78 is 10.6. The molecule has 0 aromatic heterocycles. The summed E-state index contributed by atoms with van der Waals surface area (Å²) in [5, 5.41) is 3.87. The molecule has 0 fully saturated rings. The van der Waals surface area contributed by atoms with E-state index in [1.165, 1.54) is 0 Å². The summed E-state index contributed by atoms with van der Waals surface area (Å²) in [6, 6.07) is 10.3. The first-order valence-corrected chi connectivity index (χ1v) is 8.79. The Balaban J connectivity index is 0.00000364. The molecule has 1 N–H and O–H groups in total.